The SMILES string of the molecule is O=C(OCc1ccccc1)N1C2C=C(c3cc(Cl)ccc3F)CC1COC2. The van der Waals surface area contributed by atoms with E-state index in [-0.39, 0.29) is 30.6 Å². The first kappa shape index (κ1) is 18.0. The zero-order valence-electron chi connectivity index (χ0n) is 14.6. The van der Waals surface area contributed by atoms with Crippen molar-refractivity contribution in [3.8, 4) is 0 Å². The third-order valence-electron chi connectivity index (χ3n) is 4.89. The van der Waals surface area contributed by atoms with Crippen molar-refractivity contribution in [2.45, 2.75) is 25.1 Å². The summed E-state index contributed by atoms with van der Waals surface area (Å²) in [5.41, 5.74) is 2.26. The molecule has 0 aliphatic carbocycles. The number of rotatable bonds is 3. The molecule has 0 radical (unpaired) electrons. The first-order valence-electron chi connectivity index (χ1n) is 8.84. The number of halogens is 2. The number of fused-ring (bicyclic) bond motifs is 2. The van der Waals surface area contributed by atoms with E-state index < -0.39 is 0 Å². The molecule has 0 aromatic heterocycles. The average Bonchev–Trinajstić information content (AvgIpc) is 2.68. The van der Waals surface area contributed by atoms with Gasteiger partial charge >= 0.3 is 6.09 Å². The summed E-state index contributed by atoms with van der Waals surface area (Å²) >= 11 is 6.03. The molecule has 140 valence electrons. The molecule has 4 nitrogen and oxygen atoms in total. The lowest BCUT2D eigenvalue weighted by molar-refractivity contribution is -0.0342. The van der Waals surface area contributed by atoms with Crippen LogP contribution in [0.25, 0.3) is 5.57 Å². The van der Waals surface area contributed by atoms with E-state index in [4.69, 9.17) is 21.1 Å². The Morgan fingerprint density at radius 1 is 1.22 bits per heavy atom. The van der Waals surface area contributed by atoms with Gasteiger partial charge in [0.25, 0.3) is 0 Å². The van der Waals surface area contributed by atoms with Crippen LogP contribution in [-0.4, -0.2) is 36.3 Å². The molecule has 2 atom stereocenters. The third kappa shape index (κ3) is 3.84. The van der Waals surface area contributed by atoms with Crippen LogP contribution in [0.4, 0.5) is 9.18 Å². The lowest BCUT2D eigenvalue weighted by Crippen LogP contribution is -2.56. The van der Waals surface area contributed by atoms with Gasteiger partial charge in [0, 0.05) is 10.6 Å². The smallest absolute Gasteiger partial charge is 0.411 e. The largest absolute Gasteiger partial charge is 0.445 e. The zero-order chi connectivity index (χ0) is 18.8. The number of hydrogen-bond acceptors (Lipinski definition) is 3. The van der Waals surface area contributed by atoms with E-state index in [0.717, 1.165) is 11.1 Å². The van der Waals surface area contributed by atoms with Crippen molar-refractivity contribution in [3.05, 3.63) is 76.6 Å². The topological polar surface area (TPSA) is 38.8 Å². The normalized spacial score (nSPS) is 21.6. The summed E-state index contributed by atoms with van der Waals surface area (Å²) in [6.07, 6.45) is 2.00. The van der Waals surface area contributed by atoms with Gasteiger partial charge in [-0.3, -0.25) is 4.90 Å². The second kappa shape index (κ2) is 7.71. The minimum absolute atomic E-state index is 0.189. The van der Waals surface area contributed by atoms with E-state index in [9.17, 15) is 9.18 Å². The maximum Gasteiger partial charge on any atom is 0.411 e. The molecule has 27 heavy (non-hydrogen) atoms. The van der Waals surface area contributed by atoms with Gasteiger partial charge in [-0.05, 0) is 35.8 Å². The Hall–Kier alpha value is -2.37. The minimum atomic E-state index is -0.376. The van der Waals surface area contributed by atoms with Crippen molar-refractivity contribution >= 4 is 23.3 Å². The van der Waals surface area contributed by atoms with Crippen LogP contribution in [0.15, 0.2) is 54.6 Å². The second-order valence-electron chi connectivity index (χ2n) is 6.73. The summed E-state index contributed by atoms with van der Waals surface area (Å²) in [5, 5.41) is 0.485. The number of ether oxygens (including phenoxy) is 2. The first-order valence-corrected chi connectivity index (χ1v) is 9.22. The molecular formula is C21H19ClFNO3. The molecule has 2 aromatic carbocycles. The van der Waals surface area contributed by atoms with Gasteiger partial charge in [0.05, 0.1) is 25.3 Å². The molecule has 2 unspecified atom stereocenters. The number of hydrogen-bond donors (Lipinski definition) is 0. The fourth-order valence-electron chi connectivity index (χ4n) is 3.62. The molecule has 2 bridgehead atoms. The summed E-state index contributed by atoms with van der Waals surface area (Å²) in [7, 11) is 0. The van der Waals surface area contributed by atoms with Gasteiger partial charge in [-0.2, -0.15) is 0 Å². The van der Waals surface area contributed by atoms with Gasteiger partial charge in [-0.15, -0.1) is 0 Å². The quantitative estimate of drug-likeness (QED) is 0.768. The van der Waals surface area contributed by atoms with Crippen LogP contribution in [0.5, 0.6) is 0 Å². The fraction of sp³-hybridized carbons (Fsp3) is 0.286. The molecule has 1 amide bonds. The molecule has 0 saturated carbocycles. The van der Waals surface area contributed by atoms with Gasteiger partial charge in [0.15, 0.2) is 0 Å². The molecule has 4 rings (SSSR count). The minimum Gasteiger partial charge on any atom is -0.445 e. The van der Waals surface area contributed by atoms with Crippen molar-refractivity contribution < 1.29 is 18.7 Å². The van der Waals surface area contributed by atoms with Crippen molar-refractivity contribution in [1.29, 1.82) is 0 Å². The monoisotopic (exact) mass is 387 g/mol. The van der Waals surface area contributed by atoms with Crippen LogP contribution in [0.2, 0.25) is 5.02 Å². The number of morpholine rings is 1. The van der Waals surface area contributed by atoms with E-state index in [1.807, 2.05) is 36.4 Å². The Balaban J connectivity index is 1.53. The van der Waals surface area contributed by atoms with E-state index in [1.54, 1.807) is 11.0 Å². The second-order valence-corrected chi connectivity index (χ2v) is 7.16. The third-order valence-corrected chi connectivity index (χ3v) is 5.12. The van der Waals surface area contributed by atoms with Crippen molar-refractivity contribution in [3.63, 3.8) is 0 Å². The number of carbonyl (C=O) groups excluding carboxylic acids is 1. The molecular weight excluding hydrogens is 369 g/mol. The van der Waals surface area contributed by atoms with Crippen LogP contribution in [0.3, 0.4) is 0 Å². The van der Waals surface area contributed by atoms with Crippen molar-refractivity contribution in [2.75, 3.05) is 13.2 Å². The van der Waals surface area contributed by atoms with Gasteiger partial charge in [0.2, 0.25) is 0 Å². The van der Waals surface area contributed by atoms with Gasteiger partial charge in [-0.25, -0.2) is 9.18 Å². The number of amides is 1. The molecule has 1 saturated heterocycles. The Morgan fingerprint density at radius 2 is 2.04 bits per heavy atom. The zero-order valence-corrected chi connectivity index (χ0v) is 15.4. The lowest BCUT2D eigenvalue weighted by atomic mass is 9.90. The highest BCUT2D eigenvalue weighted by Gasteiger charge is 2.39. The predicted molar refractivity (Wildman–Crippen MR) is 101 cm³/mol. The van der Waals surface area contributed by atoms with Gasteiger partial charge < -0.3 is 9.47 Å². The Kier molecular flexibility index (Phi) is 5.14. The summed E-state index contributed by atoms with van der Waals surface area (Å²) in [6.45, 7) is 0.981. The van der Waals surface area contributed by atoms with Gasteiger partial charge in [-0.1, -0.05) is 48.0 Å². The first-order chi connectivity index (χ1) is 13.1. The molecule has 6 heteroatoms. The van der Waals surface area contributed by atoms with Crippen molar-refractivity contribution in [1.82, 2.24) is 4.90 Å². The standard InChI is InChI=1S/C21H19ClFNO3/c22-16-6-7-20(23)19(10-16)15-8-17-12-26-13-18(9-15)24(17)21(25)27-11-14-4-2-1-3-5-14/h1-8,10,17-18H,9,11-13H2. The van der Waals surface area contributed by atoms with E-state index in [1.165, 1.54) is 12.1 Å². The molecule has 0 N–H and O–H groups in total. The number of carbonyl (C=O) groups is 1. The van der Waals surface area contributed by atoms with E-state index in [0.29, 0.717) is 30.2 Å². The Labute approximate surface area is 162 Å². The van der Waals surface area contributed by atoms with Gasteiger partial charge in [0.1, 0.15) is 12.4 Å². The van der Waals surface area contributed by atoms with Crippen molar-refractivity contribution in [2.24, 2.45) is 0 Å². The van der Waals surface area contributed by atoms with E-state index >= 15 is 0 Å². The summed E-state index contributed by atoms with van der Waals surface area (Å²) in [4.78, 5) is 14.4. The number of benzene rings is 2. The Morgan fingerprint density at radius 3 is 2.81 bits per heavy atom. The van der Waals surface area contributed by atoms with Crippen LogP contribution >= 0.6 is 11.6 Å². The van der Waals surface area contributed by atoms with Crippen LogP contribution < -0.4 is 0 Å². The summed E-state index contributed by atoms with van der Waals surface area (Å²) < 4.78 is 25.4. The molecule has 2 aromatic rings. The average molecular weight is 388 g/mol. The highest BCUT2D eigenvalue weighted by atomic mass is 35.5. The molecule has 2 aliphatic heterocycles. The Bertz CT molecular complexity index is 871. The molecule has 2 heterocycles. The predicted octanol–water partition coefficient (Wildman–Crippen LogP) is 4.67. The van der Waals surface area contributed by atoms with Crippen LogP contribution in [0.1, 0.15) is 17.5 Å². The maximum absolute atomic E-state index is 14.3. The maximum atomic E-state index is 14.3. The highest BCUT2D eigenvalue weighted by Crippen LogP contribution is 2.35. The summed E-state index contributed by atoms with van der Waals surface area (Å²) in [5.74, 6) is -0.315. The lowest BCUT2D eigenvalue weighted by Gasteiger charge is -2.43. The number of nitrogens with zero attached hydrogens (tertiary/aromatic N) is 1. The molecule has 1 fully saturated rings. The fourth-order valence-corrected chi connectivity index (χ4v) is 3.79. The van der Waals surface area contributed by atoms with E-state index in [2.05, 4.69) is 0 Å². The van der Waals surface area contributed by atoms with Crippen LogP contribution in [-0.2, 0) is 16.1 Å². The molecule has 2 aliphatic rings. The summed E-state index contributed by atoms with van der Waals surface area (Å²) in [6, 6.07) is 13.6. The van der Waals surface area contributed by atoms with Crippen LogP contribution in [0, 0.1) is 5.82 Å². The highest BCUT2D eigenvalue weighted by molar-refractivity contribution is 6.30. The molecule has 0 spiro atoms.